The summed E-state index contributed by atoms with van der Waals surface area (Å²) in [5.41, 5.74) is 4.68. The molecule has 2 aromatic rings. The Labute approximate surface area is 178 Å². The minimum Gasteiger partial charge on any atom is -0.497 e. The molecule has 0 radical (unpaired) electrons. The number of piperazine rings is 1. The highest BCUT2D eigenvalue weighted by Crippen LogP contribution is 2.22. The van der Waals surface area contributed by atoms with Crippen LogP contribution >= 0.6 is 0 Å². The fourth-order valence-electron chi connectivity index (χ4n) is 3.44. The third-order valence-electron chi connectivity index (χ3n) is 5.20. The van der Waals surface area contributed by atoms with Gasteiger partial charge in [-0.05, 0) is 23.8 Å². The van der Waals surface area contributed by atoms with Gasteiger partial charge in [-0.3, -0.25) is 9.69 Å². The van der Waals surface area contributed by atoms with Gasteiger partial charge in [0.25, 0.3) is 0 Å². The number of nitrogens with one attached hydrogen (secondary N) is 1. The first-order valence-electron chi connectivity index (χ1n) is 10.2. The van der Waals surface area contributed by atoms with Crippen molar-refractivity contribution in [2.24, 2.45) is 5.10 Å². The van der Waals surface area contributed by atoms with E-state index in [1.54, 1.807) is 26.5 Å². The van der Waals surface area contributed by atoms with Crippen molar-refractivity contribution in [1.29, 1.82) is 0 Å². The lowest BCUT2D eigenvalue weighted by Gasteiger charge is -2.34. The molecule has 1 saturated heterocycles. The molecule has 30 heavy (non-hydrogen) atoms. The van der Waals surface area contributed by atoms with Crippen molar-refractivity contribution in [1.82, 2.24) is 15.2 Å². The van der Waals surface area contributed by atoms with E-state index in [0.717, 1.165) is 44.8 Å². The monoisotopic (exact) mass is 410 g/mol. The molecule has 0 aliphatic carbocycles. The molecular weight excluding hydrogens is 380 g/mol. The molecule has 1 fully saturated rings. The Kier molecular flexibility index (Phi) is 8.23. The molecule has 1 amide bonds. The molecule has 0 saturated carbocycles. The van der Waals surface area contributed by atoms with Gasteiger partial charge in [-0.25, -0.2) is 5.43 Å². The minimum atomic E-state index is -0.0974. The molecule has 1 aliphatic rings. The number of benzene rings is 2. The second-order valence-electron chi connectivity index (χ2n) is 7.25. The largest absolute Gasteiger partial charge is 0.497 e. The van der Waals surface area contributed by atoms with E-state index in [4.69, 9.17) is 9.47 Å². The van der Waals surface area contributed by atoms with Gasteiger partial charge in [0.05, 0.1) is 20.4 Å². The molecule has 0 aromatic heterocycles. The highest BCUT2D eigenvalue weighted by Gasteiger charge is 2.17. The number of hydrogen-bond acceptors (Lipinski definition) is 6. The van der Waals surface area contributed by atoms with Crippen LogP contribution in [-0.2, 0) is 11.3 Å². The average molecular weight is 411 g/mol. The van der Waals surface area contributed by atoms with Gasteiger partial charge in [0.15, 0.2) is 0 Å². The molecule has 2 aromatic carbocycles. The zero-order valence-corrected chi connectivity index (χ0v) is 17.7. The first-order chi connectivity index (χ1) is 14.7. The predicted molar refractivity (Wildman–Crippen MR) is 118 cm³/mol. The van der Waals surface area contributed by atoms with Crippen LogP contribution in [0.2, 0.25) is 0 Å². The van der Waals surface area contributed by atoms with Crippen LogP contribution in [0.3, 0.4) is 0 Å². The fraction of sp³-hybridized carbons (Fsp3) is 0.391. The van der Waals surface area contributed by atoms with E-state index < -0.39 is 0 Å². The Hall–Kier alpha value is -2.90. The summed E-state index contributed by atoms with van der Waals surface area (Å²) in [6, 6.07) is 16.0. The zero-order chi connectivity index (χ0) is 21.2. The van der Waals surface area contributed by atoms with Gasteiger partial charge in [-0.2, -0.15) is 5.10 Å². The van der Waals surface area contributed by atoms with E-state index in [2.05, 4.69) is 44.6 Å². The van der Waals surface area contributed by atoms with Gasteiger partial charge in [0.1, 0.15) is 11.5 Å². The highest BCUT2D eigenvalue weighted by molar-refractivity contribution is 5.85. The molecule has 1 N–H and O–H groups in total. The molecule has 1 heterocycles. The van der Waals surface area contributed by atoms with Crippen LogP contribution in [0.1, 0.15) is 17.5 Å². The summed E-state index contributed by atoms with van der Waals surface area (Å²) >= 11 is 0. The number of carbonyl (C=O) groups is 1. The van der Waals surface area contributed by atoms with E-state index in [-0.39, 0.29) is 5.91 Å². The number of nitrogens with zero attached hydrogens (tertiary/aromatic N) is 3. The van der Waals surface area contributed by atoms with Crippen molar-refractivity contribution in [2.75, 3.05) is 46.9 Å². The Balaban J connectivity index is 1.38. The predicted octanol–water partition coefficient (Wildman–Crippen LogP) is 2.36. The van der Waals surface area contributed by atoms with Crippen molar-refractivity contribution in [3.63, 3.8) is 0 Å². The summed E-state index contributed by atoms with van der Waals surface area (Å²) in [5.74, 6) is 1.27. The summed E-state index contributed by atoms with van der Waals surface area (Å²) in [5, 5.41) is 4.06. The van der Waals surface area contributed by atoms with Crippen molar-refractivity contribution in [2.45, 2.75) is 13.0 Å². The summed E-state index contributed by atoms with van der Waals surface area (Å²) < 4.78 is 10.5. The number of hydrazone groups is 1. The maximum absolute atomic E-state index is 12.1. The summed E-state index contributed by atoms with van der Waals surface area (Å²) in [7, 11) is 3.20. The molecule has 1 aliphatic heterocycles. The molecule has 0 bridgehead atoms. The van der Waals surface area contributed by atoms with Crippen molar-refractivity contribution in [3.05, 3.63) is 59.7 Å². The average Bonchev–Trinajstić information content (AvgIpc) is 2.79. The summed E-state index contributed by atoms with van der Waals surface area (Å²) in [4.78, 5) is 16.9. The second kappa shape index (κ2) is 11.3. The van der Waals surface area contributed by atoms with Crippen LogP contribution in [-0.4, -0.2) is 68.9 Å². The zero-order valence-electron chi connectivity index (χ0n) is 17.7. The first-order valence-corrected chi connectivity index (χ1v) is 10.2. The Bertz CT molecular complexity index is 834. The number of hydrogen-bond donors (Lipinski definition) is 1. The minimum absolute atomic E-state index is 0.0974. The smallest absolute Gasteiger partial charge is 0.241 e. The molecule has 0 atom stereocenters. The second-order valence-corrected chi connectivity index (χ2v) is 7.25. The maximum atomic E-state index is 12.1. The first kappa shape index (κ1) is 21.8. The van der Waals surface area contributed by atoms with Crippen LogP contribution in [0.15, 0.2) is 53.6 Å². The molecule has 0 spiro atoms. The lowest BCUT2D eigenvalue weighted by Crippen LogP contribution is -2.46. The van der Waals surface area contributed by atoms with Crippen molar-refractivity contribution in [3.8, 4) is 11.5 Å². The normalized spacial score (nSPS) is 15.3. The van der Waals surface area contributed by atoms with Gasteiger partial charge in [-0.1, -0.05) is 30.3 Å². The lowest BCUT2D eigenvalue weighted by molar-refractivity contribution is -0.121. The molecule has 160 valence electrons. The van der Waals surface area contributed by atoms with Gasteiger partial charge in [-0.15, -0.1) is 0 Å². The number of ether oxygens (including phenoxy) is 2. The Morgan fingerprint density at radius 3 is 2.47 bits per heavy atom. The van der Waals surface area contributed by atoms with Crippen LogP contribution in [0, 0.1) is 0 Å². The Morgan fingerprint density at radius 1 is 1.03 bits per heavy atom. The number of methoxy groups -OCH3 is 2. The quantitative estimate of drug-likeness (QED) is 0.508. The third-order valence-corrected chi connectivity index (χ3v) is 5.20. The third kappa shape index (κ3) is 6.57. The molecule has 3 rings (SSSR count). The number of carbonyl (C=O) groups excluding carboxylic acids is 1. The van der Waals surface area contributed by atoms with Gasteiger partial charge < -0.3 is 14.4 Å². The summed E-state index contributed by atoms with van der Waals surface area (Å²) in [6.07, 6.45) is 1.99. The highest BCUT2D eigenvalue weighted by atomic mass is 16.5. The van der Waals surface area contributed by atoms with Crippen LogP contribution in [0.4, 0.5) is 0 Å². The van der Waals surface area contributed by atoms with Gasteiger partial charge in [0.2, 0.25) is 5.91 Å². The topological polar surface area (TPSA) is 66.4 Å². The SMILES string of the molecule is COc1ccc(OC)c(/C=N/NC(=O)CCN2CCN(Cc3ccccc3)CC2)c1. The summed E-state index contributed by atoms with van der Waals surface area (Å²) in [6.45, 7) is 5.71. The van der Waals surface area contributed by atoms with Crippen LogP contribution in [0.5, 0.6) is 11.5 Å². The standard InChI is InChI=1S/C23H30N4O3/c1-29-21-8-9-22(30-2)20(16-21)17-24-25-23(28)10-11-26-12-14-27(15-13-26)18-19-6-4-3-5-7-19/h3-9,16-17H,10-15,18H2,1-2H3,(H,25,28)/b24-17+. The van der Waals surface area contributed by atoms with E-state index in [1.165, 1.54) is 5.56 Å². The van der Waals surface area contributed by atoms with Crippen LogP contribution in [0.25, 0.3) is 0 Å². The Morgan fingerprint density at radius 2 is 1.77 bits per heavy atom. The van der Waals surface area contributed by atoms with Gasteiger partial charge in [0, 0.05) is 51.3 Å². The molecule has 7 heteroatoms. The van der Waals surface area contributed by atoms with E-state index >= 15 is 0 Å². The van der Waals surface area contributed by atoms with Crippen molar-refractivity contribution < 1.29 is 14.3 Å². The van der Waals surface area contributed by atoms with E-state index in [1.807, 2.05) is 18.2 Å². The maximum Gasteiger partial charge on any atom is 0.241 e. The van der Waals surface area contributed by atoms with Crippen molar-refractivity contribution >= 4 is 12.1 Å². The molecular formula is C23H30N4O3. The van der Waals surface area contributed by atoms with E-state index in [0.29, 0.717) is 17.9 Å². The van der Waals surface area contributed by atoms with Crippen LogP contribution < -0.4 is 14.9 Å². The van der Waals surface area contributed by atoms with E-state index in [9.17, 15) is 4.79 Å². The van der Waals surface area contributed by atoms with Gasteiger partial charge >= 0.3 is 0 Å². The molecule has 7 nitrogen and oxygen atoms in total. The number of rotatable bonds is 9. The molecule has 0 unspecified atom stereocenters. The number of amides is 1. The lowest BCUT2D eigenvalue weighted by atomic mass is 10.2. The fourth-order valence-corrected chi connectivity index (χ4v) is 3.44.